The number of amides is 1. The molecule has 0 spiro atoms. The fourth-order valence-corrected chi connectivity index (χ4v) is 4.68. The van der Waals surface area contributed by atoms with Crippen molar-refractivity contribution < 1.29 is 9.53 Å². The number of aryl methyl sites for hydroxylation is 1. The van der Waals surface area contributed by atoms with Crippen LogP contribution in [0.1, 0.15) is 52.3 Å². The second-order valence-corrected chi connectivity index (χ2v) is 7.07. The molecule has 5 heteroatoms. The molecule has 0 saturated carbocycles. The minimum Gasteiger partial charge on any atom is -0.494 e. The number of thiophene rings is 1. The van der Waals surface area contributed by atoms with Gasteiger partial charge in [-0.2, -0.15) is 0 Å². The number of hydrogen-bond donors (Lipinski definition) is 2. The second kappa shape index (κ2) is 5.89. The van der Waals surface area contributed by atoms with Crippen LogP contribution in [0.4, 0.5) is 5.00 Å². The predicted molar refractivity (Wildman–Crippen MR) is 92.4 cm³/mol. The molecule has 2 heterocycles. The van der Waals surface area contributed by atoms with Crippen LogP contribution < -0.4 is 15.4 Å². The normalized spacial score (nSPS) is 19.3. The third-order valence-electron chi connectivity index (χ3n) is 4.47. The first-order valence-electron chi connectivity index (χ1n) is 8.21. The number of carbonyl (C=O) groups excluding carboxylic acids is 1. The Balaban J connectivity index is 1.61. The Morgan fingerprint density at radius 2 is 1.96 bits per heavy atom. The molecule has 0 radical (unpaired) electrons. The monoisotopic (exact) mass is 328 g/mol. The van der Waals surface area contributed by atoms with E-state index >= 15 is 0 Å². The van der Waals surface area contributed by atoms with E-state index in [0.29, 0.717) is 6.61 Å². The molecule has 2 N–H and O–H groups in total. The average Bonchev–Trinajstić information content (AvgIpc) is 2.94. The number of rotatable bonds is 3. The van der Waals surface area contributed by atoms with E-state index in [-0.39, 0.29) is 12.1 Å². The zero-order chi connectivity index (χ0) is 15.8. The molecule has 2 aromatic rings. The van der Waals surface area contributed by atoms with E-state index in [1.54, 1.807) is 11.3 Å². The van der Waals surface area contributed by atoms with Gasteiger partial charge in [0, 0.05) is 4.88 Å². The van der Waals surface area contributed by atoms with Gasteiger partial charge < -0.3 is 15.4 Å². The second-order valence-electron chi connectivity index (χ2n) is 5.97. The van der Waals surface area contributed by atoms with Crippen LogP contribution in [0.2, 0.25) is 0 Å². The van der Waals surface area contributed by atoms with Crippen LogP contribution in [0.25, 0.3) is 0 Å². The van der Waals surface area contributed by atoms with Crippen LogP contribution in [0.5, 0.6) is 5.75 Å². The van der Waals surface area contributed by atoms with Crippen molar-refractivity contribution in [3.63, 3.8) is 0 Å². The van der Waals surface area contributed by atoms with Crippen LogP contribution in [0.15, 0.2) is 24.3 Å². The predicted octanol–water partition coefficient (Wildman–Crippen LogP) is 3.88. The van der Waals surface area contributed by atoms with Crippen LogP contribution in [-0.4, -0.2) is 12.5 Å². The zero-order valence-electron chi connectivity index (χ0n) is 13.1. The van der Waals surface area contributed by atoms with Crippen molar-refractivity contribution in [3.8, 4) is 5.75 Å². The first-order chi connectivity index (χ1) is 11.3. The van der Waals surface area contributed by atoms with E-state index in [1.807, 2.05) is 31.2 Å². The lowest BCUT2D eigenvalue weighted by atomic mass is 9.94. The van der Waals surface area contributed by atoms with Gasteiger partial charge in [0.2, 0.25) is 0 Å². The first kappa shape index (κ1) is 14.6. The zero-order valence-corrected chi connectivity index (χ0v) is 14.0. The molecule has 120 valence electrons. The standard InChI is InChI=1S/C18H20N2O2S/c1-2-22-12-9-7-11(8-10-12)16-19-17(21)15-13-5-3-4-6-14(13)23-18(15)20-16/h7-10,16,20H,2-6H2,1H3,(H,19,21)/t16-/m1/s1. The maximum absolute atomic E-state index is 12.6. The van der Waals surface area contributed by atoms with Crippen molar-refractivity contribution in [2.75, 3.05) is 11.9 Å². The molecule has 1 amide bonds. The first-order valence-corrected chi connectivity index (χ1v) is 9.02. The van der Waals surface area contributed by atoms with Crippen LogP contribution in [-0.2, 0) is 12.8 Å². The number of fused-ring (bicyclic) bond motifs is 3. The highest BCUT2D eigenvalue weighted by atomic mass is 32.1. The summed E-state index contributed by atoms with van der Waals surface area (Å²) in [7, 11) is 0. The summed E-state index contributed by atoms with van der Waals surface area (Å²) < 4.78 is 5.47. The summed E-state index contributed by atoms with van der Waals surface area (Å²) in [5.74, 6) is 0.905. The largest absolute Gasteiger partial charge is 0.494 e. The highest BCUT2D eigenvalue weighted by Crippen LogP contribution is 2.41. The lowest BCUT2D eigenvalue weighted by Crippen LogP contribution is -2.38. The van der Waals surface area contributed by atoms with Gasteiger partial charge in [0.05, 0.1) is 12.2 Å². The van der Waals surface area contributed by atoms with Gasteiger partial charge in [-0.25, -0.2) is 0 Å². The van der Waals surface area contributed by atoms with Crippen molar-refractivity contribution in [2.45, 2.75) is 38.8 Å². The van der Waals surface area contributed by atoms with Crippen molar-refractivity contribution in [3.05, 3.63) is 45.8 Å². The molecule has 23 heavy (non-hydrogen) atoms. The Hall–Kier alpha value is -2.01. The SMILES string of the molecule is CCOc1ccc([C@@H]2NC(=O)c3c(sc4c3CCCC4)N2)cc1. The van der Waals surface area contributed by atoms with Crippen LogP contribution in [0.3, 0.4) is 0 Å². The molecule has 1 aliphatic heterocycles. The number of carbonyl (C=O) groups is 1. The van der Waals surface area contributed by atoms with Gasteiger partial charge in [-0.15, -0.1) is 11.3 Å². The van der Waals surface area contributed by atoms with Gasteiger partial charge in [0.25, 0.3) is 5.91 Å². The van der Waals surface area contributed by atoms with Gasteiger partial charge in [-0.05, 0) is 55.9 Å². The fourth-order valence-electron chi connectivity index (χ4n) is 3.37. The van der Waals surface area contributed by atoms with Crippen LogP contribution >= 0.6 is 11.3 Å². The van der Waals surface area contributed by atoms with E-state index < -0.39 is 0 Å². The van der Waals surface area contributed by atoms with Crippen molar-refractivity contribution in [1.82, 2.24) is 5.32 Å². The summed E-state index contributed by atoms with van der Waals surface area (Å²) in [6.45, 7) is 2.62. The molecular weight excluding hydrogens is 308 g/mol. The Morgan fingerprint density at radius 3 is 2.74 bits per heavy atom. The summed E-state index contributed by atoms with van der Waals surface area (Å²) >= 11 is 1.75. The Labute approximate surface area is 139 Å². The lowest BCUT2D eigenvalue weighted by Gasteiger charge is -2.27. The Bertz CT molecular complexity index is 736. The molecular formula is C18H20N2O2S. The molecule has 0 unspecified atom stereocenters. The Kier molecular flexibility index (Phi) is 3.73. The molecule has 0 fully saturated rings. The maximum Gasteiger partial charge on any atom is 0.256 e. The molecule has 0 bridgehead atoms. The minimum atomic E-state index is -0.175. The number of ether oxygens (including phenoxy) is 1. The molecule has 1 aromatic heterocycles. The summed E-state index contributed by atoms with van der Waals surface area (Å²) in [5.41, 5.74) is 3.19. The highest BCUT2D eigenvalue weighted by molar-refractivity contribution is 7.16. The van der Waals surface area contributed by atoms with Gasteiger partial charge in [0.15, 0.2) is 0 Å². The number of hydrogen-bond acceptors (Lipinski definition) is 4. The van der Waals surface area contributed by atoms with E-state index in [0.717, 1.165) is 34.7 Å². The molecule has 2 aliphatic rings. The highest BCUT2D eigenvalue weighted by Gasteiger charge is 2.31. The summed E-state index contributed by atoms with van der Waals surface area (Å²) in [6.07, 6.45) is 4.38. The van der Waals surface area contributed by atoms with Crippen molar-refractivity contribution in [2.24, 2.45) is 0 Å². The average molecular weight is 328 g/mol. The maximum atomic E-state index is 12.6. The minimum absolute atomic E-state index is 0.0528. The number of nitrogens with one attached hydrogen (secondary N) is 2. The van der Waals surface area contributed by atoms with E-state index in [4.69, 9.17) is 4.74 Å². The smallest absolute Gasteiger partial charge is 0.256 e. The summed E-state index contributed by atoms with van der Waals surface area (Å²) in [4.78, 5) is 14.0. The van der Waals surface area contributed by atoms with Gasteiger partial charge >= 0.3 is 0 Å². The molecule has 4 rings (SSSR count). The summed E-state index contributed by atoms with van der Waals surface area (Å²) in [5, 5.41) is 7.62. The Morgan fingerprint density at radius 1 is 1.17 bits per heavy atom. The number of benzene rings is 1. The van der Waals surface area contributed by atoms with Gasteiger partial charge in [-0.3, -0.25) is 4.79 Å². The van der Waals surface area contributed by atoms with Crippen LogP contribution in [0, 0.1) is 0 Å². The number of anilines is 1. The molecule has 0 saturated heterocycles. The lowest BCUT2D eigenvalue weighted by molar-refractivity contribution is 0.0935. The molecule has 1 aromatic carbocycles. The van der Waals surface area contributed by atoms with E-state index in [2.05, 4.69) is 10.6 Å². The fraction of sp³-hybridized carbons (Fsp3) is 0.389. The quantitative estimate of drug-likeness (QED) is 0.899. The molecule has 4 nitrogen and oxygen atoms in total. The molecule has 1 aliphatic carbocycles. The van der Waals surface area contributed by atoms with Gasteiger partial charge in [-0.1, -0.05) is 12.1 Å². The van der Waals surface area contributed by atoms with E-state index in [1.165, 1.54) is 23.3 Å². The summed E-state index contributed by atoms with van der Waals surface area (Å²) in [6, 6.07) is 7.90. The van der Waals surface area contributed by atoms with Crippen molar-refractivity contribution in [1.29, 1.82) is 0 Å². The third kappa shape index (κ3) is 2.59. The molecule has 1 atom stereocenters. The third-order valence-corrected chi connectivity index (χ3v) is 5.70. The topological polar surface area (TPSA) is 50.4 Å². The van der Waals surface area contributed by atoms with Crippen molar-refractivity contribution >= 4 is 22.2 Å². The van der Waals surface area contributed by atoms with E-state index in [9.17, 15) is 4.79 Å². The van der Waals surface area contributed by atoms with Gasteiger partial charge in [0.1, 0.15) is 16.9 Å².